The van der Waals surface area contributed by atoms with Gasteiger partial charge < -0.3 is 15.7 Å². The van der Waals surface area contributed by atoms with Crippen molar-refractivity contribution >= 4 is 16.9 Å². The van der Waals surface area contributed by atoms with Crippen LogP contribution in [0, 0.1) is 0 Å². The Kier molecular flexibility index (Phi) is 4.97. The third-order valence-corrected chi connectivity index (χ3v) is 2.71. The molecule has 0 saturated heterocycles. The van der Waals surface area contributed by atoms with Gasteiger partial charge in [-0.1, -0.05) is 12.1 Å². The minimum Gasteiger partial charge on any atom is -0.392 e. The lowest BCUT2D eigenvalue weighted by Crippen LogP contribution is -2.34. The summed E-state index contributed by atoms with van der Waals surface area (Å²) in [4.78, 5) is 20.4. The van der Waals surface area contributed by atoms with Gasteiger partial charge in [-0.3, -0.25) is 9.78 Å². The van der Waals surface area contributed by atoms with Crippen molar-refractivity contribution in [2.45, 2.75) is 13.0 Å². The van der Waals surface area contributed by atoms with Crippen LogP contribution in [0.25, 0.3) is 11.0 Å². The fourth-order valence-electron chi connectivity index (χ4n) is 1.73. The molecule has 0 fully saturated rings. The van der Waals surface area contributed by atoms with E-state index in [9.17, 15) is 4.79 Å². The van der Waals surface area contributed by atoms with Crippen molar-refractivity contribution < 1.29 is 9.90 Å². The molecule has 106 valence electrons. The predicted molar refractivity (Wildman–Crippen MR) is 76.4 cm³/mol. The summed E-state index contributed by atoms with van der Waals surface area (Å²) < 4.78 is 0. The lowest BCUT2D eigenvalue weighted by atomic mass is 10.3. The first kappa shape index (κ1) is 14.4. The number of nitrogens with one attached hydrogen (secondary N) is 2. The van der Waals surface area contributed by atoms with Gasteiger partial charge in [0.1, 0.15) is 5.69 Å². The van der Waals surface area contributed by atoms with Gasteiger partial charge in [0.25, 0.3) is 5.91 Å². The topological polar surface area (TPSA) is 87.1 Å². The Morgan fingerprint density at radius 2 is 2.05 bits per heavy atom. The molecule has 3 N–H and O–H groups in total. The van der Waals surface area contributed by atoms with Crippen LogP contribution in [-0.2, 0) is 0 Å². The number of aliphatic hydroxyl groups excluding tert-OH is 1. The van der Waals surface area contributed by atoms with Gasteiger partial charge in [0.05, 0.1) is 23.3 Å². The lowest BCUT2D eigenvalue weighted by molar-refractivity contribution is 0.0948. The maximum atomic E-state index is 11.9. The Bertz CT molecular complexity index is 586. The first-order chi connectivity index (χ1) is 9.66. The van der Waals surface area contributed by atoms with Crippen LogP contribution in [0.2, 0.25) is 0 Å². The van der Waals surface area contributed by atoms with Crippen LogP contribution in [0.5, 0.6) is 0 Å². The third kappa shape index (κ3) is 3.97. The summed E-state index contributed by atoms with van der Waals surface area (Å²) in [6.07, 6.45) is 1.08. The summed E-state index contributed by atoms with van der Waals surface area (Å²) in [5.41, 5.74) is 1.77. The summed E-state index contributed by atoms with van der Waals surface area (Å²) >= 11 is 0. The molecule has 1 aromatic heterocycles. The number of carbonyl (C=O) groups excluding carboxylic acids is 1. The average molecular weight is 274 g/mol. The third-order valence-electron chi connectivity index (χ3n) is 2.71. The molecule has 6 nitrogen and oxygen atoms in total. The van der Waals surface area contributed by atoms with E-state index in [0.29, 0.717) is 30.8 Å². The molecular formula is C14H18N4O2. The van der Waals surface area contributed by atoms with Crippen LogP contribution < -0.4 is 10.6 Å². The number of amides is 1. The largest absolute Gasteiger partial charge is 0.392 e. The number of aromatic nitrogens is 2. The van der Waals surface area contributed by atoms with E-state index in [4.69, 9.17) is 5.11 Å². The van der Waals surface area contributed by atoms with Gasteiger partial charge >= 0.3 is 0 Å². The van der Waals surface area contributed by atoms with Gasteiger partial charge in [-0.2, -0.15) is 0 Å². The van der Waals surface area contributed by atoms with Gasteiger partial charge in [0.2, 0.25) is 0 Å². The van der Waals surface area contributed by atoms with E-state index in [1.54, 1.807) is 6.92 Å². The van der Waals surface area contributed by atoms with Crippen LogP contribution in [0.15, 0.2) is 30.5 Å². The van der Waals surface area contributed by atoms with Crippen LogP contribution >= 0.6 is 0 Å². The highest BCUT2D eigenvalue weighted by molar-refractivity contribution is 5.93. The molecule has 2 rings (SSSR count). The molecule has 2 aromatic rings. The number of hydrogen-bond donors (Lipinski definition) is 3. The standard InChI is InChI=1S/C14H18N4O2/c1-10(19)8-15-6-7-16-14(20)13-9-17-11-4-2-3-5-12(11)18-13/h2-5,9-10,15,19H,6-8H2,1H3,(H,16,20). The number of hydrogen-bond acceptors (Lipinski definition) is 5. The van der Waals surface area contributed by atoms with Crippen LogP contribution in [0.3, 0.4) is 0 Å². The van der Waals surface area contributed by atoms with Crippen molar-refractivity contribution in [3.8, 4) is 0 Å². The Morgan fingerprint density at radius 1 is 1.30 bits per heavy atom. The minimum absolute atomic E-state index is 0.248. The molecule has 0 spiro atoms. The maximum absolute atomic E-state index is 11.9. The molecule has 1 aromatic carbocycles. The second kappa shape index (κ2) is 6.93. The molecule has 1 heterocycles. The van der Waals surface area contributed by atoms with E-state index in [1.807, 2.05) is 24.3 Å². The van der Waals surface area contributed by atoms with E-state index in [1.165, 1.54) is 6.20 Å². The zero-order chi connectivity index (χ0) is 14.4. The molecule has 1 unspecified atom stereocenters. The molecular weight excluding hydrogens is 256 g/mol. The summed E-state index contributed by atoms with van der Waals surface area (Å²) in [5, 5.41) is 14.8. The Labute approximate surface area is 117 Å². The predicted octanol–water partition coefficient (Wildman–Crippen LogP) is 0.330. The number of benzene rings is 1. The smallest absolute Gasteiger partial charge is 0.271 e. The van der Waals surface area contributed by atoms with Gasteiger partial charge in [-0.15, -0.1) is 0 Å². The summed E-state index contributed by atoms with van der Waals surface area (Å²) in [6, 6.07) is 7.41. The van der Waals surface area contributed by atoms with E-state index in [0.717, 1.165) is 5.52 Å². The molecule has 1 amide bonds. The molecule has 0 saturated carbocycles. The molecule has 0 aliphatic carbocycles. The SMILES string of the molecule is CC(O)CNCCNC(=O)c1cnc2ccccc2n1. The monoisotopic (exact) mass is 274 g/mol. The van der Waals surface area contributed by atoms with Crippen LogP contribution in [-0.4, -0.2) is 46.7 Å². The molecule has 20 heavy (non-hydrogen) atoms. The van der Waals surface area contributed by atoms with Gasteiger partial charge in [0.15, 0.2) is 0 Å². The first-order valence-electron chi connectivity index (χ1n) is 6.55. The Morgan fingerprint density at radius 3 is 2.80 bits per heavy atom. The van der Waals surface area contributed by atoms with Crippen LogP contribution in [0.1, 0.15) is 17.4 Å². The zero-order valence-electron chi connectivity index (χ0n) is 11.3. The fourth-order valence-corrected chi connectivity index (χ4v) is 1.73. The first-order valence-corrected chi connectivity index (χ1v) is 6.55. The van der Waals surface area contributed by atoms with Crippen LogP contribution in [0.4, 0.5) is 0 Å². The highest BCUT2D eigenvalue weighted by Gasteiger charge is 2.08. The summed E-state index contributed by atoms with van der Waals surface area (Å²) in [6.45, 7) is 3.28. The number of para-hydroxylation sites is 2. The Hall–Kier alpha value is -2.05. The number of fused-ring (bicyclic) bond motifs is 1. The zero-order valence-corrected chi connectivity index (χ0v) is 11.3. The van der Waals surface area contributed by atoms with E-state index >= 15 is 0 Å². The van der Waals surface area contributed by atoms with Gasteiger partial charge in [-0.05, 0) is 19.1 Å². The number of carbonyl (C=O) groups is 1. The molecule has 0 aliphatic heterocycles. The maximum Gasteiger partial charge on any atom is 0.271 e. The lowest BCUT2D eigenvalue weighted by Gasteiger charge is -2.08. The quantitative estimate of drug-likeness (QED) is 0.661. The van der Waals surface area contributed by atoms with Gasteiger partial charge in [0, 0.05) is 19.6 Å². The van der Waals surface area contributed by atoms with Crippen molar-refractivity contribution in [2.24, 2.45) is 0 Å². The van der Waals surface area contributed by atoms with E-state index < -0.39 is 6.10 Å². The minimum atomic E-state index is -0.392. The second-order valence-electron chi connectivity index (χ2n) is 4.55. The van der Waals surface area contributed by atoms with Crippen molar-refractivity contribution in [2.75, 3.05) is 19.6 Å². The second-order valence-corrected chi connectivity index (χ2v) is 4.55. The molecule has 0 aliphatic rings. The normalized spacial score (nSPS) is 12.3. The summed E-state index contributed by atoms with van der Waals surface area (Å²) in [5.74, 6) is -0.248. The molecule has 1 atom stereocenters. The molecule has 0 radical (unpaired) electrons. The summed E-state index contributed by atoms with van der Waals surface area (Å²) in [7, 11) is 0. The average Bonchev–Trinajstić information content (AvgIpc) is 2.46. The Balaban J connectivity index is 1.87. The van der Waals surface area contributed by atoms with Crippen molar-refractivity contribution in [1.82, 2.24) is 20.6 Å². The highest BCUT2D eigenvalue weighted by atomic mass is 16.3. The highest BCUT2D eigenvalue weighted by Crippen LogP contribution is 2.08. The molecule has 6 heteroatoms. The van der Waals surface area contributed by atoms with E-state index in [-0.39, 0.29) is 5.91 Å². The number of aliphatic hydroxyl groups is 1. The van der Waals surface area contributed by atoms with Crippen molar-refractivity contribution in [3.05, 3.63) is 36.2 Å². The molecule has 0 bridgehead atoms. The van der Waals surface area contributed by atoms with Crippen molar-refractivity contribution in [1.29, 1.82) is 0 Å². The fraction of sp³-hybridized carbons (Fsp3) is 0.357. The number of rotatable bonds is 6. The van der Waals surface area contributed by atoms with Crippen molar-refractivity contribution in [3.63, 3.8) is 0 Å². The van der Waals surface area contributed by atoms with Gasteiger partial charge in [-0.25, -0.2) is 4.98 Å². The van der Waals surface area contributed by atoms with E-state index in [2.05, 4.69) is 20.6 Å². The number of nitrogens with zero attached hydrogens (tertiary/aromatic N) is 2.